The van der Waals surface area contributed by atoms with Gasteiger partial charge in [0, 0.05) is 11.2 Å². The molecule has 2 heterocycles. The number of likely N-dealkylation sites (tertiary alicyclic amines) is 1. The van der Waals surface area contributed by atoms with Crippen molar-refractivity contribution < 1.29 is 14.3 Å². The van der Waals surface area contributed by atoms with Crippen molar-refractivity contribution in [1.82, 2.24) is 4.90 Å². The fourth-order valence-electron chi connectivity index (χ4n) is 2.26. The maximum absolute atomic E-state index is 12.1. The van der Waals surface area contributed by atoms with E-state index in [1.54, 1.807) is 13.0 Å². The highest BCUT2D eigenvalue weighted by atomic mass is 32.1. The number of fused-ring (bicyclic) bond motifs is 1. The lowest BCUT2D eigenvalue weighted by atomic mass is 9.88. The molecule has 0 N–H and O–H groups in total. The molecule has 0 spiro atoms. The van der Waals surface area contributed by atoms with E-state index >= 15 is 0 Å². The lowest BCUT2D eigenvalue weighted by Gasteiger charge is -2.45. The second-order valence-corrected chi connectivity index (χ2v) is 6.35. The molecule has 0 aliphatic carbocycles. The van der Waals surface area contributed by atoms with Crippen molar-refractivity contribution in [2.75, 3.05) is 13.6 Å². The molecule has 0 radical (unpaired) electrons. The molecule has 0 saturated carbocycles. The van der Waals surface area contributed by atoms with Gasteiger partial charge in [0.15, 0.2) is 0 Å². The fraction of sp³-hybridized carbons (Fsp3) is 0.333. The molecule has 5 heteroatoms. The van der Waals surface area contributed by atoms with Gasteiger partial charge in [-0.1, -0.05) is 18.2 Å². The Balaban J connectivity index is 1.78. The highest BCUT2D eigenvalue weighted by Gasteiger charge is 2.46. The molecule has 1 aliphatic rings. The molecule has 2 aromatic rings. The van der Waals surface area contributed by atoms with E-state index in [1.165, 1.54) is 11.3 Å². The van der Waals surface area contributed by atoms with Crippen molar-refractivity contribution in [3.63, 3.8) is 0 Å². The van der Waals surface area contributed by atoms with Crippen LogP contribution in [0.2, 0.25) is 0 Å². The molecule has 0 bridgehead atoms. The number of nitrogens with zero attached hydrogens (tertiary/aromatic N) is 1. The van der Waals surface area contributed by atoms with Gasteiger partial charge < -0.3 is 4.74 Å². The minimum Gasteiger partial charge on any atom is -0.387 e. The van der Waals surface area contributed by atoms with Gasteiger partial charge in [-0.05, 0) is 37.9 Å². The standard InChI is InChI=1S/C15H15NO3S/c1-15(7-8-16(15)2)14(18)19-13(17)12-9-10-5-3-4-6-11(10)20-12/h3-6,9H,7-8H2,1-2H3/t15-/m1/s1. The van der Waals surface area contributed by atoms with E-state index in [9.17, 15) is 9.59 Å². The largest absolute Gasteiger partial charge is 0.387 e. The number of thiophene rings is 1. The van der Waals surface area contributed by atoms with Crippen molar-refractivity contribution in [2.24, 2.45) is 0 Å². The van der Waals surface area contributed by atoms with Crippen LogP contribution >= 0.6 is 11.3 Å². The highest BCUT2D eigenvalue weighted by Crippen LogP contribution is 2.31. The van der Waals surface area contributed by atoms with E-state index in [4.69, 9.17) is 4.74 Å². The average molecular weight is 289 g/mol. The number of carbonyl (C=O) groups is 2. The second kappa shape index (κ2) is 4.68. The summed E-state index contributed by atoms with van der Waals surface area (Å²) in [5.74, 6) is -1.02. The van der Waals surface area contributed by atoms with Gasteiger partial charge in [0.2, 0.25) is 0 Å². The molecule has 1 fully saturated rings. The van der Waals surface area contributed by atoms with Gasteiger partial charge in [0.05, 0.1) is 0 Å². The summed E-state index contributed by atoms with van der Waals surface area (Å²) in [5.41, 5.74) is -0.660. The Morgan fingerprint density at radius 1 is 1.35 bits per heavy atom. The zero-order valence-corrected chi connectivity index (χ0v) is 12.2. The quantitative estimate of drug-likeness (QED) is 0.630. The van der Waals surface area contributed by atoms with Crippen molar-refractivity contribution in [3.8, 4) is 0 Å². The Kier molecular flexibility index (Phi) is 3.11. The Morgan fingerprint density at radius 3 is 2.70 bits per heavy atom. The van der Waals surface area contributed by atoms with Crippen molar-refractivity contribution >= 4 is 33.4 Å². The van der Waals surface area contributed by atoms with Gasteiger partial charge in [-0.3, -0.25) is 4.90 Å². The molecule has 0 amide bonds. The summed E-state index contributed by atoms with van der Waals surface area (Å²) in [5, 5.41) is 0.990. The summed E-state index contributed by atoms with van der Waals surface area (Å²) in [4.78, 5) is 26.5. The van der Waals surface area contributed by atoms with Crippen LogP contribution in [0.1, 0.15) is 23.0 Å². The average Bonchev–Trinajstić information content (AvgIpc) is 2.88. The molecule has 1 saturated heterocycles. The molecule has 0 unspecified atom stereocenters. The minimum absolute atomic E-state index is 0.463. The van der Waals surface area contributed by atoms with Gasteiger partial charge in [0.1, 0.15) is 10.4 Å². The van der Waals surface area contributed by atoms with Gasteiger partial charge in [-0.15, -0.1) is 11.3 Å². The van der Waals surface area contributed by atoms with Crippen molar-refractivity contribution in [1.29, 1.82) is 0 Å². The monoisotopic (exact) mass is 289 g/mol. The van der Waals surface area contributed by atoms with E-state index < -0.39 is 17.5 Å². The predicted octanol–water partition coefficient (Wildman–Crippen LogP) is 2.68. The number of carbonyl (C=O) groups excluding carboxylic acids is 2. The van der Waals surface area contributed by atoms with E-state index in [1.807, 2.05) is 36.2 Å². The molecule has 1 aromatic carbocycles. The fourth-order valence-corrected chi connectivity index (χ4v) is 3.19. The molecule has 4 nitrogen and oxygen atoms in total. The SMILES string of the molecule is CN1CC[C@]1(C)C(=O)OC(=O)c1cc2ccccc2s1. The van der Waals surface area contributed by atoms with Crippen LogP contribution in [0.15, 0.2) is 30.3 Å². The number of benzene rings is 1. The third-order valence-electron chi connectivity index (χ3n) is 4.03. The normalized spacial score (nSPS) is 22.5. The van der Waals surface area contributed by atoms with Crippen LogP contribution in [0, 0.1) is 0 Å². The molecular formula is C15H15NO3S. The van der Waals surface area contributed by atoms with E-state index in [0.29, 0.717) is 4.88 Å². The van der Waals surface area contributed by atoms with E-state index in [0.717, 1.165) is 23.1 Å². The van der Waals surface area contributed by atoms with Crippen molar-refractivity contribution in [2.45, 2.75) is 18.9 Å². The third kappa shape index (κ3) is 2.03. The van der Waals surface area contributed by atoms with Crippen LogP contribution in [-0.2, 0) is 9.53 Å². The van der Waals surface area contributed by atoms with Crippen LogP contribution in [0.5, 0.6) is 0 Å². The highest BCUT2D eigenvalue weighted by molar-refractivity contribution is 7.20. The minimum atomic E-state index is -0.660. The number of likely N-dealkylation sites (N-methyl/N-ethyl adjacent to an activating group) is 1. The van der Waals surface area contributed by atoms with Gasteiger partial charge in [-0.2, -0.15) is 0 Å². The topological polar surface area (TPSA) is 46.6 Å². The van der Waals surface area contributed by atoms with Crippen LogP contribution in [0.4, 0.5) is 0 Å². The number of ether oxygens (including phenoxy) is 1. The van der Waals surface area contributed by atoms with Crippen LogP contribution in [0.3, 0.4) is 0 Å². The maximum Gasteiger partial charge on any atom is 0.356 e. The summed E-state index contributed by atoms with van der Waals surface area (Å²) >= 11 is 1.34. The summed E-state index contributed by atoms with van der Waals surface area (Å²) in [7, 11) is 1.86. The van der Waals surface area contributed by atoms with Gasteiger partial charge >= 0.3 is 11.9 Å². The lowest BCUT2D eigenvalue weighted by molar-refractivity contribution is -0.158. The Bertz CT molecular complexity index is 660. The number of rotatable bonds is 2. The Hall–Kier alpha value is -1.72. The number of hydrogen-bond donors (Lipinski definition) is 0. The smallest absolute Gasteiger partial charge is 0.356 e. The molecule has 1 atom stereocenters. The first kappa shape index (κ1) is 13.3. The predicted molar refractivity (Wildman–Crippen MR) is 77.9 cm³/mol. The zero-order chi connectivity index (χ0) is 14.3. The van der Waals surface area contributed by atoms with Crippen LogP contribution < -0.4 is 0 Å². The molecule has 104 valence electrons. The first-order valence-electron chi connectivity index (χ1n) is 6.47. The first-order chi connectivity index (χ1) is 9.50. The van der Waals surface area contributed by atoms with Gasteiger partial charge in [-0.25, -0.2) is 9.59 Å². The number of esters is 2. The summed E-state index contributed by atoms with van der Waals surface area (Å²) in [6, 6.07) is 9.48. The van der Waals surface area contributed by atoms with Crippen LogP contribution in [0.25, 0.3) is 10.1 Å². The number of hydrogen-bond acceptors (Lipinski definition) is 5. The van der Waals surface area contributed by atoms with Crippen molar-refractivity contribution in [3.05, 3.63) is 35.2 Å². The zero-order valence-electron chi connectivity index (χ0n) is 11.4. The summed E-state index contributed by atoms with van der Waals surface area (Å²) in [6.45, 7) is 2.65. The summed E-state index contributed by atoms with van der Waals surface area (Å²) < 4.78 is 6.05. The molecule has 1 aromatic heterocycles. The lowest BCUT2D eigenvalue weighted by Crippen LogP contribution is -2.61. The van der Waals surface area contributed by atoms with Gasteiger partial charge in [0.25, 0.3) is 0 Å². The second-order valence-electron chi connectivity index (χ2n) is 5.27. The third-order valence-corrected chi connectivity index (χ3v) is 5.12. The van der Waals surface area contributed by atoms with E-state index in [2.05, 4.69) is 0 Å². The first-order valence-corrected chi connectivity index (χ1v) is 7.29. The Labute approximate surface area is 120 Å². The molecule has 20 heavy (non-hydrogen) atoms. The maximum atomic E-state index is 12.1. The molecular weight excluding hydrogens is 274 g/mol. The van der Waals surface area contributed by atoms with E-state index in [-0.39, 0.29) is 0 Å². The molecule has 3 rings (SSSR count). The molecule has 1 aliphatic heterocycles. The Morgan fingerprint density at radius 2 is 2.10 bits per heavy atom. The summed E-state index contributed by atoms with van der Waals surface area (Å²) in [6.07, 6.45) is 0.724. The van der Waals surface area contributed by atoms with Crippen LogP contribution in [-0.4, -0.2) is 36.0 Å².